The summed E-state index contributed by atoms with van der Waals surface area (Å²) in [5, 5.41) is 5.22. The Morgan fingerprint density at radius 1 is 1.15 bits per heavy atom. The van der Waals surface area contributed by atoms with Gasteiger partial charge in [-0.1, -0.05) is 6.07 Å². The van der Waals surface area contributed by atoms with Gasteiger partial charge in [0.2, 0.25) is 0 Å². The Bertz CT molecular complexity index is 950. The summed E-state index contributed by atoms with van der Waals surface area (Å²) >= 11 is 0. The molecule has 0 atom stereocenters. The van der Waals surface area contributed by atoms with Crippen LogP contribution < -0.4 is 11.2 Å². The van der Waals surface area contributed by atoms with E-state index in [9.17, 15) is 18.0 Å². The van der Waals surface area contributed by atoms with Crippen LogP contribution in [0.1, 0.15) is 16.1 Å². The van der Waals surface area contributed by atoms with Crippen molar-refractivity contribution < 1.29 is 18.0 Å². The molecular weight excluding hydrogens is 359 g/mol. The molecule has 3 aromatic rings. The van der Waals surface area contributed by atoms with Gasteiger partial charge < -0.3 is 5.73 Å². The van der Waals surface area contributed by atoms with E-state index < -0.39 is 17.6 Å². The smallest absolute Gasteiger partial charge is 0.399 e. The first-order valence-electron chi connectivity index (χ1n) is 7.87. The summed E-state index contributed by atoms with van der Waals surface area (Å²) in [6.45, 7) is 0. The second kappa shape index (κ2) is 7.02. The number of nitrogens with two attached hydrogens (primary N) is 1. The van der Waals surface area contributed by atoms with Crippen LogP contribution in [0.2, 0.25) is 0 Å². The molecule has 1 amide bonds. The van der Waals surface area contributed by atoms with Crippen molar-refractivity contribution in [2.24, 2.45) is 0 Å². The molecule has 0 aliphatic heterocycles. The SMILES string of the molecule is CN(Nc1cccc(C(F)(F)F)c1)C(=O)c1ccnn1-c1ccc(N)cc1. The first kappa shape index (κ1) is 18.3. The summed E-state index contributed by atoms with van der Waals surface area (Å²) in [6, 6.07) is 12.9. The highest BCUT2D eigenvalue weighted by Gasteiger charge is 2.30. The van der Waals surface area contributed by atoms with Crippen LogP contribution in [0.3, 0.4) is 0 Å². The van der Waals surface area contributed by atoms with Crippen LogP contribution in [0.5, 0.6) is 0 Å². The number of hydrogen-bond donors (Lipinski definition) is 2. The third-order valence-electron chi connectivity index (χ3n) is 3.79. The zero-order valence-corrected chi connectivity index (χ0v) is 14.2. The number of nitrogens with one attached hydrogen (secondary N) is 1. The van der Waals surface area contributed by atoms with E-state index in [2.05, 4.69) is 10.5 Å². The Labute approximate surface area is 153 Å². The van der Waals surface area contributed by atoms with Crippen LogP contribution in [0.4, 0.5) is 24.5 Å². The Morgan fingerprint density at radius 2 is 1.85 bits per heavy atom. The van der Waals surface area contributed by atoms with Crippen molar-refractivity contribution in [1.82, 2.24) is 14.8 Å². The molecule has 0 radical (unpaired) electrons. The van der Waals surface area contributed by atoms with Gasteiger partial charge in [-0.15, -0.1) is 0 Å². The number of anilines is 2. The monoisotopic (exact) mass is 375 g/mol. The minimum absolute atomic E-state index is 0.138. The number of nitrogen functional groups attached to an aromatic ring is 1. The van der Waals surface area contributed by atoms with Crippen LogP contribution >= 0.6 is 0 Å². The minimum atomic E-state index is -4.46. The zero-order chi connectivity index (χ0) is 19.6. The average Bonchev–Trinajstić information content (AvgIpc) is 3.11. The number of halogens is 3. The number of carbonyl (C=O) groups is 1. The summed E-state index contributed by atoms with van der Waals surface area (Å²) in [7, 11) is 1.42. The topological polar surface area (TPSA) is 76.2 Å². The largest absolute Gasteiger partial charge is 0.416 e. The third-order valence-corrected chi connectivity index (χ3v) is 3.79. The molecule has 6 nitrogen and oxygen atoms in total. The van der Waals surface area contributed by atoms with Gasteiger partial charge in [0.25, 0.3) is 5.91 Å². The first-order valence-corrected chi connectivity index (χ1v) is 7.87. The molecule has 0 aliphatic rings. The normalized spacial score (nSPS) is 11.3. The first-order chi connectivity index (χ1) is 12.8. The van der Waals surface area contributed by atoms with Crippen molar-refractivity contribution >= 4 is 17.3 Å². The van der Waals surface area contributed by atoms with Crippen molar-refractivity contribution in [3.05, 3.63) is 72.1 Å². The van der Waals surface area contributed by atoms with Gasteiger partial charge in [-0.25, -0.2) is 4.68 Å². The zero-order valence-electron chi connectivity index (χ0n) is 14.2. The van der Waals surface area contributed by atoms with Crippen LogP contribution in [0.15, 0.2) is 60.8 Å². The molecule has 0 bridgehead atoms. The average molecular weight is 375 g/mol. The van der Waals surface area contributed by atoms with Crippen molar-refractivity contribution in [1.29, 1.82) is 0 Å². The molecule has 0 spiro atoms. The molecule has 0 saturated carbocycles. The number of hydrazine groups is 1. The number of hydrogen-bond acceptors (Lipinski definition) is 4. The summed E-state index contributed by atoms with van der Waals surface area (Å²) in [5.74, 6) is -0.471. The standard InChI is InChI=1S/C18H16F3N5O/c1-25(24-14-4-2-3-12(11-14)18(19,20)21)17(27)16-9-10-23-26(16)15-7-5-13(22)6-8-15/h2-11,24H,22H2,1H3. The van der Waals surface area contributed by atoms with Gasteiger partial charge in [0.1, 0.15) is 5.69 Å². The summed E-state index contributed by atoms with van der Waals surface area (Å²) < 4.78 is 39.9. The highest BCUT2D eigenvalue weighted by atomic mass is 19.4. The van der Waals surface area contributed by atoms with E-state index in [0.717, 1.165) is 17.1 Å². The molecule has 2 aromatic carbocycles. The van der Waals surface area contributed by atoms with Gasteiger partial charge in [-0.05, 0) is 48.5 Å². The molecule has 27 heavy (non-hydrogen) atoms. The van der Waals surface area contributed by atoms with E-state index in [1.807, 2.05) is 0 Å². The van der Waals surface area contributed by atoms with Crippen LogP contribution in [-0.4, -0.2) is 27.7 Å². The lowest BCUT2D eigenvalue weighted by atomic mass is 10.2. The fourth-order valence-corrected chi connectivity index (χ4v) is 2.47. The van der Waals surface area contributed by atoms with Crippen molar-refractivity contribution in [2.45, 2.75) is 6.18 Å². The quantitative estimate of drug-likeness (QED) is 0.540. The maximum atomic E-state index is 12.8. The lowest BCUT2D eigenvalue weighted by Gasteiger charge is -2.20. The number of amides is 1. The van der Waals surface area contributed by atoms with Gasteiger partial charge in [-0.2, -0.15) is 18.3 Å². The lowest BCUT2D eigenvalue weighted by Crippen LogP contribution is -2.33. The summed E-state index contributed by atoms with van der Waals surface area (Å²) in [5.41, 5.74) is 9.08. The highest BCUT2D eigenvalue weighted by molar-refractivity contribution is 5.93. The molecule has 1 heterocycles. The van der Waals surface area contributed by atoms with Gasteiger partial charge >= 0.3 is 6.18 Å². The predicted octanol–water partition coefficient (Wildman–Crippen LogP) is 3.57. The second-order valence-electron chi connectivity index (χ2n) is 5.77. The van der Waals surface area contributed by atoms with Crippen LogP contribution in [0, 0.1) is 0 Å². The van der Waals surface area contributed by atoms with Gasteiger partial charge in [0, 0.05) is 12.7 Å². The van der Waals surface area contributed by atoms with E-state index in [1.54, 1.807) is 24.3 Å². The van der Waals surface area contributed by atoms with E-state index in [0.29, 0.717) is 11.4 Å². The fourth-order valence-electron chi connectivity index (χ4n) is 2.47. The Balaban J connectivity index is 1.81. The Kier molecular flexibility index (Phi) is 4.76. The second-order valence-corrected chi connectivity index (χ2v) is 5.77. The van der Waals surface area contributed by atoms with E-state index >= 15 is 0 Å². The molecular formula is C18H16F3N5O. The molecule has 1 aromatic heterocycles. The van der Waals surface area contributed by atoms with Gasteiger partial charge in [-0.3, -0.25) is 15.2 Å². The fraction of sp³-hybridized carbons (Fsp3) is 0.111. The number of rotatable bonds is 4. The minimum Gasteiger partial charge on any atom is -0.399 e. The van der Waals surface area contributed by atoms with Crippen molar-refractivity contribution in [3.8, 4) is 5.69 Å². The van der Waals surface area contributed by atoms with Crippen LogP contribution in [-0.2, 0) is 6.18 Å². The molecule has 140 valence electrons. The maximum Gasteiger partial charge on any atom is 0.416 e. The lowest BCUT2D eigenvalue weighted by molar-refractivity contribution is -0.137. The van der Waals surface area contributed by atoms with Gasteiger partial charge in [0.15, 0.2) is 0 Å². The molecule has 0 aliphatic carbocycles. The molecule has 0 saturated heterocycles. The Hall–Kier alpha value is -3.49. The molecule has 9 heteroatoms. The predicted molar refractivity (Wildman–Crippen MR) is 95.1 cm³/mol. The Morgan fingerprint density at radius 3 is 2.52 bits per heavy atom. The number of aromatic nitrogens is 2. The molecule has 0 fully saturated rings. The van der Waals surface area contributed by atoms with E-state index in [4.69, 9.17) is 5.73 Å². The highest BCUT2D eigenvalue weighted by Crippen LogP contribution is 2.30. The number of nitrogens with zero attached hydrogens (tertiary/aromatic N) is 3. The van der Waals surface area contributed by atoms with Gasteiger partial charge in [0.05, 0.1) is 23.1 Å². The maximum absolute atomic E-state index is 12.8. The number of alkyl halides is 3. The van der Waals surface area contributed by atoms with Crippen LogP contribution in [0.25, 0.3) is 5.69 Å². The van der Waals surface area contributed by atoms with E-state index in [1.165, 1.54) is 36.1 Å². The summed E-state index contributed by atoms with van der Waals surface area (Å²) in [4.78, 5) is 12.7. The molecule has 0 unspecified atom stereocenters. The third kappa shape index (κ3) is 4.02. The molecule has 3 rings (SSSR count). The number of benzene rings is 2. The number of carbonyl (C=O) groups excluding carboxylic acids is 1. The van der Waals surface area contributed by atoms with Crippen molar-refractivity contribution in [3.63, 3.8) is 0 Å². The summed E-state index contributed by atoms with van der Waals surface area (Å²) in [6.07, 6.45) is -3.00. The van der Waals surface area contributed by atoms with Crippen molar-refractivity contribution in [2.75, 3.05) is 18.2 Å². The van der Waals surface area contributed by atoms with E-state index in [-0.39, 0.29) is 11.4 Å². The molecule has 3 N–H and O–H groups in total.